The van der Waals surface area contributed by atoms with Crippen LogP contribution < -0.4 is 4.72 Å². The van der Waals surface area contributed by atoms with Crippen LogP contribution in [0.15, 0.2) is 29.2 Å². The fraction of sp³-hybridized carbons (Fsp3) is 0.417. The lowest BCUT2D eigenvalue weighted by atomic mass is 10.1. The lowest BCUT2D eigenvalue weighted by Gasteiger charge is -2.09. The van der Waals surface area contributed by atoms with Crippen LogP contribution in [0.3, 0.4) is 0 Å². The third-order valence-corrected chi connectivity index (χ3v) is 4.43. The van der Waals surface area contributed by atoms with Crippen LogP contribution in [0, 0.1) is 0 Å². The summed E-state index contributed by atoms with van der Waals surface area (Å²) < 4.78 is 25.7. The van der Waals surface area contributed by atoms with Crippen LogP contribution in [0.4, 0.5) is 0 Å². The van der Waals surface area contributed by atoms with Crippen LogP contribution in [0.2, 0.25) is 0 Å². The van der Waals surface area contributed by atoms with E-state index in [2.05, 4.69) is 4.72 Å². The fourth-order valence-corrected chi connectivity index (χ4v) is 2.73. The molecule has 1 saturated carbocycles. The largest absolute Gasteiger partial charge is 0.479 e. The second-order valence-corrected chi connectivity index (χ2v) is 6.32. The Morgan fingerprint density at radius 2 is 1.89 bits per heavy atom. The van der Waals surface area contributed by atoms with E-state index < -0.39 is 28.6 Å². The molecular formula is C12H15NO5S. The summed E-state index contributed by atoms with van der Waals surface area (Å²) >= 11 is 0. The van der Waals surface area contributed by atoms with Crippen LogP contribution in [-0.4, -0.2) is 37.2 Å². The van der Waals surface area contributed by atoms with Crippen LogP contribution in [0.25, 0.3) is 0 Å². The molecule has 0 spiro atoms. The molecule has 2 rings (SSSR count). The van der Waals surface area contributed by atoms with Gasteiger partial charge in [0, 0.05) is 6.54 Å². The molecule has 1 aromatic carbocycles. The predicted octanol–water partition coefficient (Wildman–Crippen LogP) is 0.288. The van der Waals surface area contributed by atoms with Gasteiger partial charge < -0.3 is 10.2 Å². The highest BCUT2D eigenvalue weighted by Gasteiger charge is 2.24. The molecule has 1 unspecified atom stereocenters. The van der Waals surface area contributed by atoms with Gasteiger partial charge in [-0.15, -0.1) is 0 Å². The van der Waals surface area contributed by atoms with Gasteiger partial charge in [0.15, 0.2) is 6.10 Å². The minimum atomic E-state index is -3.78. The van der Waals surface area contributed by atoms with E-state index in [9.17, 15) is 13.2 Å². The number of aliphatic carboxylic acids is 1. The highest BCUT2D eigenvalue weighted by molar-refractivity contribution is 7.89. The third kappa shape index (κ3) is 3.52. The number of hydrogen-bond acceptors (Lipinski definition) is 4. The zero-order valence-corrected chi connectivity index (χ0v) is 10.9. The summed E-state index contributed by atoms with van der Waals surface area (Å²) in [5.74, 6) is -0.926. The number of hydrogen-bond donors (Lipinski definition) is 3. The minimum absolute atomic E-state index is 0.0643. The van der Waals surface area contributed by atoms with Crippen molar-refractivity contribution in [2.24, 2.45) is 0 Å². The summed E-state index contributed by atoms with van der Waals surface area (Å²) in [7, 11) is -3.78. The van der Waals surface area contributed by atoms with Gasteiger partial charge in [-0.3, -0.25) is 0 Å². The Labute approximate surface area is 111 Å². The number of rotatable bonds is 6. The van der Waals surface area contributed by atoms with Crippen molar-refractivity contribution in [3.63, 3.8) is 0 Å². The number of sulfonamides is 1. The molecule has 1 fully saturated rings. The molecule has 6 nitrogen and oxygen atoms in total. The summed E-state index contributed by atoms with van der Waals surface area (Å²) in [4.78, 5) is 10.5. The molecule has 19 heavy (non-hydrogen) atoms. The highest BCUT2D eigenvalue weighted by atomic mass is 32.2. The van der Waals surface area contributed by atoms with Gasteiger partial charge in [0.1, 0.15) is 0 Å². The molecule has 7 heteroatoms. The molecule has 3 N–H and O–H groups in total. The van der Waals surface area contributed by atoms with Crippen molar-refractivity contribution in [3.05, 3.63) is 29.8 Å². The monoisotopic (exact) mass is 285 g/mol. The summed E-state index contributed by atoms with van der Waals surface area (Å²) in [6.45, 7) is -0.554. The van der Waals surface area contributed by atoms with Crippen molar-refractivity contribution in [1.29, 1.82) is 0 Å². The van der Waals surface area contributed by atoms with E-state index in [-0.39, 0.29) is 4.90 Å². The molecule has 0 saturated heterocycles. The lowest BCUT2D eigenvalue weighted by Crippen LogP contribution is -2.36. The van der Waals surface area contributed by atoms with Crippen molar-refractivity contribution < 1.29 is 23.4 Å². The summed E-state index contributed by atoms with van der Waals surface area (Å²) in [5, 5.41) is 17.5. The van der Waals surface area contributed by atoms with Crippen LogP contribution >= 0.6 is 0 Å². The molecule has 0 heterocycles. The second kappa shape index (κ2) is 5.28. The predicted molar refractivity (Wildman–Crippen MR) is 67.2 cm³/mol. The summed E-state index contributed by atoms with van der Waals surface area (Å²) in [6.07, 6.45) is 0.519. The standard InChI is InChI=1S/C12H15NO5S/c14-11(12(15)16)7-13-19(17,18)10-5-3-9(4-6-10)8-1-2-8/h3-6,8,11,13-14H,1-2,7H2,(H,15,16). The van der Waals surface area contributed by atoms with Gasteiger partial charge in [0.05, 0.1) is 4.90 Å². The van der Waals surface area contributed by atoms with Gasteiger partial charge in [-0.2, -0.15) is 0 Å². The number of carboxylic acids is 1. The van der Waals surface area contributed by atoms with E-state index in [1.807, 2.05) is 0 Å². The first-order valence-corrected chi connectivity index (χ1v) is 7.39. The first kappa shape index (κ1) is 14.0. The number of aliphatic hydroxyl groups excluding tert-OH is 1. The van der Waals surface area contributed by atoms with Crippen LogP contribution in [0.5, 0.6) is 0 Å². The van der Waals surface area contributed by atoms with E-state index in [0.29, 0.717) is 5.92 Å². The molecule has 0 aromatic heterocycles. The Morgan fingerprint density at radius 3 is 2.37 bits per heavy atom. The molecule has 0 aliphatic heterocycles. The Bertz CT molecular complexity index is 562. The molecule has 104 valence electrons. The maximum atomic E-state index is 11.8. The normalized spacial score (nSPS) is 17.1. The maximum Gasteiger partial charge on any atom is 0.333 e. The topological polar surface area (TPSA) is 104 Å². The molecule has 1 aromatic rings. The van der Waals surface area contributed by atoms with Gasteiger partial charge >= 0.3 is 5.97 Å². The van der Waals surface area contributed by atoms with E-state index in [1.165, 1.54) is 12.1 Å². The first-order chi connectivity index (χ1) is 8.90. The Kier molecular flexibility index (Phi) is 3.88. The van der Waals surface area contributed by atoms with Crippen LogP contribution in [0.1, 0.15) is 24.3 Å². The van der Waals surface area contributed by atoms with Crippen molar-refractivity contribution in [2.45, 2.75) is 29.8 Å². The molecular weight excluding hydrogens is 270 g/mol. The minimum Gasteiger partial charge on any atom is -0.479 e. The van der Waals surface area contributed by atoms with Crippen molar-refractivity contribution in [2.75, 3.05) is 6.54 Å². The molecule has 1 aliphatic rings. The lowest BCUT2D eigenvalue weighted by molar-refractivity contribution is -0.146. The highest BCUT2D eigenvalue weighted by Crippen LogP contribution is 2.40. The summed E-state index contributed by atoms with van der Waals surface area (Å²) in [6, 6.07) is 6.51. The smallest absolute Gasteiger partial charge is 0.333 e. The number of carboxylic acid groups (broad SMARTS) is 1. The number of carbonyl (C=O) groups is 1. The first-order valence-electron chi connectivity index (χ1n) is 5.90. The van der Waals surface area contributed by atoms with E-state index in [4.69, 9.17) is 10.2 Å². The van der Waals surface area contributed by atoms with Gasteiger partial charge in [-0.25, -0.2) is 17.9 Å². The van der Waals surface area contributed by atoms with Gasteiger partial charge in [0.2, 0.25) is 10.0 Å². The van der Waals surface area contributed by atoms with E-state index in [1.54, 1.807) is 12.1 Å². The number of nitrogens with one attached hydrogen (secondary N) is 1. The van der Waals surface area contributed by atoms with Gasteiger partial charge in [0.25, 0.3) is 0 Å². The van der Waals surface area contributed by atoms with Crippen molar-refractivity contribution >= 4 is 16.0 Å². The zero-order valence-electron chi connectivity index (χ0n) is 10.1. The average molecular weight is 285 g/mol. The van der Waals surface area contributed by atoms with Crippen molar-refractivity contribution in [3.8, 4) is 0 Å². The third-order valence-electron chi connectivity index (χ3n) is 2.99. The van der Waals surface area contributed by atoms with Gasteiger partial charge in [-0.1, -0.05) is 12.1 Å². The van der Waals surface area contributed by atoms with E-state index >= 15 is 0 Å². The quantitative estimate of drug-likeness (QED) is 0.697. The SMILES string of the molecule is O=C(O)C(O)CNS(=O)(=O)c1ccc(C2CC2)cc1. The molecule has 1 aliphatic carbocycles. The maximum absolute atomic E-state index is 11.8. The Morgan fingerprint density at radius 1 is 1.32 bits per heavy atom. The number of benzene rings is 1. The van der Waals surface area contributed by atoms with Crippen LogP contribution in [-0.2, 0) is 14.8 Å². The summed E-state index contributed by atoms with van der Waals surface area (Å²) in [5.41, 5.74) is 1.12. The zero-order chi connectivity index (χ0) is 14.0. The fourth-order valence-electron chi connectivity index (χ4n) is 1.70. The van der Waals surface area contributed by atoms with Crippen molar-refractivity contribution in [1.82, 2.24) is 4.72 Å². The molecule has 0 radical (unpaired) electrons. The Balaban J connectivity index is 2.04. The van der Waals surface area contributed by atoms with E-state index in [0.717, 1.165) is 18.4 Å². The molecule has 1 atom stereocenters. The second-order valence-electron chi connectivity index (χ2n) is 4.55. The molecule has 0 bridgehead atoms. The van der Waals surface area contributed by atoms with Gasteiger partial charge in [-0.05, 0) is 36.5 Å². The average Bonchev–Trinajstić information content (AvgIpc) is 3.20. The molecule has 0 amide bonds. The number of aliphatic hydroxyl groups is 1. The Hall–Kier alpha value is -1.44.